The summed E-state index contributed by atoms with van der Waals surface area (Å²) in [6, 6.07) is 6.50. The molecule has 1 aromatic carbocycles. The number of hydrogen-bond acceptors (Lipinski definition) is 4. The molecule has 2 heterocycles. The van der Waals surface area contributed by atoms with Crippen LogP contribution >= 0.6 is 0 Å². The highest BCUT2D eigenvalue weighted by molar-refractivity contribution is 7.88. The molecule has 122 valence electrons. The molecule has 2 saturated heterocycles. The molecule has 2 aliphatic heterocycles. The molecule has 0 radical (unpaired) electrons. The molecule has 3 rings (SSSR count). The fraction of sp³-hybridized carbons (Fsp3) is 0.600. The summed E-state index contributed by atoms with van der Waals surface area (Å²) in [7, 11) is -3.18. The van der Waals surface area contributed by atoms with E-state index in [2.05, 4.69) is 4.90 Å². The van der Waals surface area contributed by atoms with E-state index in [0.717, 1.165) is 25.2 Å². The summed E-state index contributed by atoms with van der Waals surface area (Å²) in [5.74, 6) is -0.0415. The van der Waals surface area contributed by atoms with Crippen molar-refractivity contribution in [2.45, 2.75) is 12.6 Å². The summed E-state index contributed by atoms with van der Waals surface area (Å²) in [4.78, 5) is 2.24. The van der Waals surface area contributed by atoms with Crippen LogP contribution in [0.2, 0.25) is 0 Å². The molecule has 2 atom stereocenters. The minimum atomic E-state index is -3.18. The van der Waals surface area contributed by atoms with E-state index in [1.54, 1.807) is 12.1 Å². The van der Waals surface area contributed by atoms with E-state index in [1.165, 1.54) is 22.7 Å². The van der Waals surface area contributed by atoms with Gasteiger partial charge < -0.3 is 4.74 Å². The van der Waals surface area contributed by atoms with Crippen molar-refractivity contribution in [3.05, 3.63) is 35.6 Å². The van der Waals surface area contributed by atoms with Crippen molar-refractivity contribution >= 4 is 10.0 Å². The molecular weight excluding hydrogens is 307 g/mol. The van der Waals surface area contributed by atoms with Gasteiger partial charge in [-0.25, -0.2) is 12.8 Å². The van der Waals surface area contributed by atoms with Gasteiger partial charge in [-0.3, -0.25) is 4.90 Å². The smallest absolute Gasteiger partial charge is 0.211 e. The van der Waals surface area contributed by atoms with Gasteiger partial charge in [-0.2, -0.15) is 4.31 Å². The van der Waals surface area contributed by atoms with Crippen LogP contribution in [0.3, 0.4) is 0 Å². The molecule has 5 nitrogen and oxygen atoms in total. The Hall–Kier alpha value is -1.02. The molecule has 0 N–H and O–H groups in total. The first-order valence-corrected chi connectivity index (χ1v) is 9.30. The first kappa shape index (κ1) is 15.9. The number of halogens is 1. The summed E-state index contributed by atoms with van der Waals surface area (Å²) in [5, 5.41) is 0. The molecule has 0 bridgehead atoms. The minimum absolute atomic E-state index is 0.0761. The van der Waals surface area contributed by atoms with Crippen LogP contribution < -0.4 is 0 Å². The molecule has 0 unspecified atom stereocenters. The number of fused-ring (bicyclic) bond motifs is 1. The second-order valence-corrected chi connectivity index (χ2v) is 8.09. The number of hydrogen-bond donors (Lipinski definition) is 0. The molecule has 0 spiro atoms. The van der Waals surface area contributed by atoms with E-state index in [1.807, 2.05) is 0 Å². The Kier molecular flexibility index (Phi) is 4.49. The van der Waals surface area contributed by atoms with Gasteiger partial charge >= 0.3 is 0 Å². The largest absolute Gasteiger partial charge is 0.375 e. The monoisotopic (exact) mass is 328 g/mol. The van der Waals surface area contributed by atoms with E-state index in [4.69, 9.17) is 4.74 Å². The van der Waals surface area contributed by atoms with E-state index in [-0.39, 0.29) is 17.8 Å². The predicted molar refractivity (Wildman–Crippen MR) is 81.3 cm³/mol. The van der Waals surface area contributed by atoms with Gasteiger partial charge in [0.15, 0.2) is 0 Å². The van der Waals surface area contributed by atoms with Crippen molar-refractivity contribution in [2.24, 2.45) is 5.92 Å². The third-order valence-corrected chi connectivity index (χ3v) is 5.63. The number of ether oxygens (including phenoxy) is 1. The maximum absolute atomic E-state index is 12.9. The van der Waals surface area contributed by atoms with Crippen molar-refractivity contribution < 1.29 is 17.5 Å². The SMILES string of the molecule is CS(=O)(=O)N1CCO[C@@H]2CN(Cc3ccc(F)cc3)C[C@@H]2C1. The Morgan fingerprint density at radius 2 is 1.95 bits per heavy atom. The summed E-state index contributed by atoms with van der Waals surface area (Å²) < 4.78 is 43.8. The molecule has 7 heteroatoms. The van der Waals surface area contributed by atoms with Crippen LogP contribution in [0.1, 0.15) is 5.56 Å². The van der Waals surface area contributed by atoms with Gasteiger partial charge in [-0.15, -0.1) is 0 Å². The van der Waals surface area contributed by atoms with Crippen molar-refractivity contribution in [2.75, 3.05) is 39.0 Å². The molecular formula is C15H21FN2O3S. The quantitative estimate of drug-likeness (QED) is 0.828. The summed E-state index contributed by atoms with van der Waals surface area (Å²) in [5.41, 5.74) is 1.05. The maximum Gasteiger partial charge on any atom is 0.211 e. The van der Waals surface area contributed by atoms with Gasteiger partial charge in [0.1, 0.15) is 5.82 Å². The van der Waals surface area contributed by atoms with E-state index < -0.39 is 10.0 Å². The van der Waals surface area contributed by atoms with Crippen LogP contribution in [-0.2, 0) is 21.3 Å². The normalized spacial score (nSPS) is 27.5. The second-order valence-electron chi connectivity index (χ2n) is 6.11. The van der Waals surface area contributed by atoms with Gasteiger partial charge in [0.2, 0.25) is 10.0 Å². The fourth-order valence-corrected chi connectivity index (χ4v) is 4.10. The van der Waals surface area contributed by atoms with Gasteiger partial charge in [0.25, 0.3) is 0 Å². The zero-order chi connectivity index (χ0) is 15.7. The van der Waals surface area contributed by atoms with Crippen LogP contribution in [0.15, 0.2) is 24.3 Å². The average Bonchev–Trinajstić information content (AvgIpc) is 2.70. The average molecular weight is 328 g/mol. The van der Waals surface area contributed by atoms with Crippen LogP contribution in [0, 0.1) is 11.7 Å². The highest BCUT2D eigenvalue weighted by atomic mass is 32.2. The topological polar surface area (TPSA) is 49.9 Å². The molecule has 2 fully saturated rings. The third-order valence-electron chi connectivity index (χ3n) is 4.36. The molecule has 22 heavy (non-hydrogen) atoms. The summed E-state index contributed by atoms with van der Waals surface area (Å²) in [6.45, 7) is 3.72. The lowest BCUT2D eigenvalue weighted by Gasteiger charge is -2.21. The van der Waals surface area contributed by atoms with Crippen LogP contribution in [0.5, 0.6) is 0 Å². The Morgan fingerprint density at radius 1 is 1.23 bits per heavy atom. The fourth-order valence-electron chi connectivity index (χ4n) is 3.23. The van der Waals surface area contributed by atoms with Crippen LogP contribution in [0.25, 0.3) is 0 Å². The molecule has 0 aromatic heterocycles. The Balaban J connectivity index is 1.64. The Morgan fingerprint density at radius 3 is 2.64 bits per heavy atom. The van der Waals surface area contributed by atoms with Gasteiger partial charge in [-0.05, 0) is 17.7 Å². The minimum Gasteiger partial charge on any atom is -0.375 e. The number of sulfonamides is 1. The molecule has 0 aliphatic carbocycles. The predicted octanol–water partition coefficient (Wildman–Crippen LogP) is 0.918. The van der Waals surface area contributed by atoms with E-state index in [0.29, 0.717) is 19.7 Å². The standard InChI is InChI=1S/C15H21FN2O3S/c1-22(19,20)18-6-7-21-15-11-17(9-13(15)10-18)8-12-2-4-14(16)5-3-12/h2-5,13,15H,6-11H2,1H3/t13-,15-/m1/s1. The number of benzene rings is 1. The first-order chi connectivity index (χ1) is 10.4. The lowest BCUT2D eigenvalue weighted by atomic mass is 10.1. The van der Waals surface area contributed by atoms with Crippen molar-refractivity contribution in [3.8, 4) is 0 Å². The van der Waals surface area contributed by atoms with Crippen LogP contribution in [-0.4, -0.2) is 62.8 Å². The lowest BCUT2D eigenvalue weighted by Crippen LogP contribution is -2.36. The summed E-state index contributed by atoms with van der Waals surface area (Å²) >= 11 is 0. The van der Waals surface area contributed by atoms with Crippen molar-refractivity contribution in [3.63, 3.8) is 0 Å². The second kappa shape index (κ2) is 6.23. The van der Waals surface area contributed by atoms with E-state index in [9.17, 15) is 12.8 Å². The highest BCUT2D eigenvalue weighted by Gasteiger charge is 2.38. The van der Waals surface area contributed by atoms with Gasteiger partial charge in [0.05, 0.1) is 19.0 Å². The summed E-state index contributed by atoms with van der Waals surface area (Å²) in [6.07, 6.45) is 1.32. The zero-order valence-electron chi connectivity index (χ0n) is 12.6. The van der Waals surface area contributed by atoms with Gasteiger partial charge in [0, 0.05) is 38.6 Å². The van der Waals surface area contributed by atoms with Crippen molar-refractivity contribution in [1.29, 1.82) is 0 Å². The van der Waals surface area contributed by atoms with E-state index >= 15 is 0 Å². The first-order valence-electron chi connectivity index (χ1n) is 7.45. The van der Waals surface area contributed by atoms with Crippen LogP contribution in [0.4, 0.5) is 4.39 Å². The Labute approximate surface area is 130 Å². The zero-order valence-corrected chi connectivity index (χ0v) is 13.4. The number of nitrogens with zero attached hydrogens (tertiary/aromatic N) is 2. The molecule has 0 saturated carbocycles. The third kappa shape index (κ3) is 3.65. The number of rotatable bonds is 3. The van der Waals surface area contributed by atoms with Gasteiger partial charge in [-0.1, -0.05) is 12.1 Å². The maximum atomic E-state index is 12.9. The molecule has 0 amide bonds. The molecule has 2 aliphatic rings. The molecule has 1 aromatic rings. The number of likely N-dealkylation sites (tertiary alicyclic amines) is 1. The lowest BCUT2D eigenvalue weighted by molar-refractivity contribution is 0.0518. The van der Waals surface area contributed by atoms with Crippen molar-refractivity contribution in [1.82, 2.24) is 9.21 Å². The highest BCUT2D eigenvalue weighted by Crippen LogP contribution is 2.25. The Bertz CT molecular complexity index is 620.